The number of methoxy groups -OCH3 is 1. The van der Waals surface area contributed by atoms with E-state index in [1.165, 1.54) is 0 Å². The summed E-state index contributed by atoms with van der Waals surface area (Å²) >= 11 is 0. The molecule has 0 aliphatic carbocycles. The summed E-state index contributed by atoms with van der Waals surface area (Å²) in [5.41, 5.74) is 3.61. The van der Waals surface area contributed by atoms with Crippen LogP contribution in [0.1, 0.15) is 26.3 Å². The molecule has 2 rings (SSSR count). The Kier molecular flexibility index (Phi) is 6.23. The quantitative estimate of drug-likeness (QED) is 0.784. The van der Waals surface area contributed by atoms with Crippen LogP contribution in [0, 0.1) is 0 Å². The predicted octanol–water partition coefficient (Wildman–Crippen LogP) is 4.58. The van der Waals surface area contributed by atoms with Gasteiger partial charge in [0.2, 0.25) is 5.91 Å². The summed E-state index contributed by atoms with van der Waals surface area (Å²) in [6.45, 7) is 6.16. The second kappa shape index (κ2) is 8.38. The number of hydrogen-bond donors (Lipinski definition) is 1. The van der Waals surface area contributed by atoms with Gasteiger partial charge in [0, 0.05) is 36.1 Å². The number of carbonyl (C=O) groups is 1. The van der Waals surface area contributed by atoms with Crippen molar-refractivity contribution in [2.45, 2.75) is 26.8 Å². The van der Waals surface area contributed by atoms with Gasteiger partial charge in [-0.1, -0.05) is 24.3 Å². The number of rotatable bonds is 6. The zero-order valence-electron chi connectivity index (χ0n) is 15.5. The normalized spacial score (nSPS) is 11.4. The zero-order chi connectivity index (χ0) is 18.4. The van der Waals surface area contributed by atoms with E-state index in [9.17, 15) is 4.79 Å². The minimum absolute atomic E-state index is 0.159. The van der Waals surface area contributed by atoms with E-state index in [1.807, 2.05) is 62.5 Å². The first-order chi connectivity index (χ1) is 11.9. The summed E-state index contributed by atoms with van der Waals surface area (Å²) in [6, 6.07) is 15.9. The van der Waals surface area contributed by atoms with Crippen LogP contribution in [-0.4, -0.2) is 26.1 Å². The average molecular weight is 338 g/mol. The summed E-state index contributed by atoms with van der Waals surface area (Å²) in [5, 5.41) is 2.93. The molecule has 2 aromatic carbocycles. The molecule has 0 aromatic heterocycles. The highest BCUT2D eigenvalue weighted by Gasteiger charge is 2.08. The van der Waals surface area contributed by atoms with Crippen molar-refractivity contribution < 1.29 is 9.53 Å². The highest BCUT2D eigenvalue weighted by molar-refractivity contribution is 6.04. The monoisotopic (exact) mass is 338 g/mol. The Labute approximate surface area is 150 Å². The van der Waals surface area contributed by atoms with Crippen LogP contribution >= 0.6 is 0 Å². The molecule has 0 saturated carbocycles. The van der Waals surface area contributed by atoms with Crippen LogP contribution < -0.4 is 15.0 Å². The summed E-state index contributed by atoms with van der Waals surface area (Å²) < 4.78 is 5.35. The van der Waals surface area contributed by atoms with Gasteiger partial charge in [-0.15, -0.1) is 0 Å². The van der Waals surface area contributed by atoms with Crippen molar-refractivity contribution in [2.24, 2.45) is 0 Å². The van der Waals surface area contributed by atoms with E-state index < -0.39 is 0 Å². The highest BCUT2D eigenvalue weighted by atomic mass is 16.5. The second-order valence-electron chi connectivity index (χ2n) is 6.27. The Morgan fingerprint density at radius 2 is 1.88 bits per heavy atom. The molecule has 4 heteroatoms. The van der Waals surface area contributed by atoms with Gasteiger partial charge in [0.25, 0.3) is 0 Å². The van der Waals surface area contributed by atoms with Crippen molar-refractivity contribution in [3.8, 4) is 5.75 Å². The molecule has 1 amide bonds. The van der Waals surface area contributed by atoms with Crippen molar-refractivity contribution in [2.75, 3.05) is 24.4 Å². The Hall–Kier alpha value is -2.75. The summed E-state index contributed by atoms with van der Waals surface area (Å²) in [5.74, 6) is 0.595. The maximum Gasteiger partial charge on any atom is 0.248 e. The Morgan fingerprint density at radius 1 is 1.16 bits per heavy atom. The molecule has 0 aliphatic heterocycles. The minimum atomic E-state index is -0.159. The summed E-state index contributed by atoms with van der Waals surface area (Å²) in [6.07, 6.45) is 1.59. The lowest BCUT2D eigenvalue weighted by Crippen LogP contribution is -2.25. The maximum atomic E-state index is 12.4. The SMILES string of the molecule is COc1ccccc1/C(C)=C/C(=O)Nc1cccc(N(C)C(C)C)c1. The van der Waals surface area contributed by atoms with Crippen LogP contribution in [0.25, 0.3) is 5.57 Å². The number of para-hydroxylation sites is 1. The predicted molar refractivity (Wildman–Crippen MR) is 105 cm³/mol. The average Bonchev–Trinajstić information content (AvgIpc) is 2.60. The van der Waals surface area contributed by atoms with E-state index in [4.69, 9.17) is 4.74 Å². The lowest BCUT2D eigenvalue weighted by molar-refractivity contribution is -0.111. The molecule has 0 fully saturated rings. The van der Waals surface area contributed by atoms with Crippen molar-refractivity contribution in [3.63, 3.8) is 0 Å². The molecule has 2 aromatic rings. The van der Waals surface area contributed by atoms with E-state index in [0.29, 0.717) is 6.04 Å². The first kappa shape index (κ1) is 18.6. The molecule has 0 spiro atoms. The fourth-order valence-electron chi connectivity index (χ4n) is 2.52. The summed E-state index contributed by atoms with van der Waals surface area (Å²) in [7, 11) is 3.67. The Bertz CT molecular complexity index is 766. The van der Waals surface area contributed by atoms with E-state index in [0.717, 1.165) is 28.3 Å². The minimum Gasteiger partial charge on any atom is -0.496 e. The standard InChI is InChI=1S/C21H26N2O2/c1-15(2)23(4)18-10-8-9-17(14-18)22-21(24)13-16(3)19-11-6-7-12-20(19)25-5/h6-15H,1-5H3,(H,22,24)/b16-13+. The third kappa shape index (κ3) is 4.86. The van der Waals surface area contributed by atoms with Crippen LogP contribution in [0.5, 0.6) is 5.75 Å². The number of ether oxygens (including phenoxy) is 1. The van der Waals surface area contributed by atoms with Gasteiger partial charge < -0.3 is 15.0 Å². The topological polar surface area (TPSA) is 41.6 Å². The first-order valence-corrected chi connectivity index (χ1v) is 8.38. The molecular weight excluding hydrogens is 312 g/mol. The molecule has 4 nitrogen and oxygen atoms in total. The van der Waals surface area contributed by atoms with E-state index in [1.54, 1.807) is 13.2 Å². The molecule has 0 atom stereocenters. The second-order valence-corrected chi connectivity index (χ2v) is 6.27. The Morgan fingerprint density at radius 3 is 2.56 bits per heavy atom. The third-order valence-corrected chi connectivity index (χ3v) is 4.17. The molecule has 0 heterocycles. The molecule has 25 heavy (non-hydrogen) atoms. The number of nitrogens with one attached hydrogen (secondary N) is 1. The molecule has 0 unspecified atom stereocenters. The first-order valence-electron chi connectivity index (χ1n) is 8.38. The number of anilines is 2. The molecule has 132 valence electrons. The van der Waals surface area contributed by atoms with Gasteiger partial charge in [0.1, 0.15) is 5.75 Å². The lowest BCUT2D eigenvalue weighted by atomic mass is 10.1. The van der Waals surface area contributed by atoms with Gasteiger partial charge >= 0.3 is 0 Å². The van der Waals surface area contributed by atoms with Crippen molar-refractivity contribution >= 4 is 22.9 Å². The van der Waals surface area contributed by atoms with Crippen molar-refractivity contribution in [1.29, 1.82) is 0 Å². The lowest BCUT2D eigenvalue weighted by Gasteiger charge is -2.24. The largest absolute Gasteiger partial charge is 0.496 e. The van der Waals surface area contributed by atoms with Crippen LogP contribution in [-0.2, 0) is 4.79 Å². The number of benzene rings is 2. The van der Waals surface area contributed by atoms with Gasteiger partial charge in [-0.3, -0.25) is 4.79 Å². The number of amides is 1. The fourth-order valence-corrected chi connectivity index (χ4v) is 2.52. The molecule has 0 saturated heterocycles. The molecule has 0 aliphatic rings. The van der Waals surface area contributed by atoms with Gasteiger partial charge in [-0.2, -0.15) is 0 Å². The molecular formula is C21H26N2O2. The smallest absolute Gasteiger partial charge is 0.248 e. The van der Waals surface area contributed by atoms with Crippen LogP contribution in [0.4, 0.5) is 11.4 Å². The molecule has 1 N–H and O–H groups in total. The van der Waals surface area contributed by atoms with Crippen LogP contribution in [0.2, 0.25) is 0 Å². The van der Waals surface area contributed by atoms with Gasteiger partial charge in [0.05, 0.1) is 7.11 Å². The van der Waals surface area contributed by atoms with E-state index >= 15 is 0 Å². The molecule has 0 radical (unpaired) electrons. The van der Waals surface area contributed by atoms with Gasteiger partial charge in [0.15, 0.2) is 0 Å². The van der Waals surface area contributed by atoms with Crippen molar-refractivity contribution in [1.82, 2.24) is 0 Å². The van der Waals surface area contributed by atoms with Gasteiger partial charge in [-0.05, 0) is 50.6 Å². The molecule has 0 bridgehead atoms. The number of allylic oxidation sites excluding steroid dienone is 1. The van der Waals surface area contributed by atoms with E-state index in [-0.39, 0.29) is 5.91 Å². The number of carbonyl (C=O) groups excluding carboxylic acids is 1. The van der Waals surface area contributed by atoms with Crippen LogP contribution in [0.3, 0.4) is 0 Å². The Balaban J connectivity index is 2.16. The van der Waals surface area contributed by atoms with Crippen molar-refractivity contribution in [3.05, 3.63) is 60.2 Å². The van der Waals surface area contributed by atoms with Gasteiger partial charge in [-0.25, -0.2) is 0 Å². The van der Waals surface area contributed by atoms with E-state index in [2.05, 4.69) is 24.1 Å². The summed E-state index contributed by atoms with van der Waals surface area (Å²) in [4.78, 5) is 14.5. The number of nitrogens with zero attached hydrogens (tertiary/aromatic N) is 1. The number of hydrogen-bond acceptors (Lipinski definition) is 3. The fraction of sp³-hybridized carbons (Fsp3) is 0.286. The van der Waals surface area contributed by atoms with Crippen LogP contribution in [0.15, 0.2) is 54.6 Å². The highest BCUT2D eigenvalue weighted by Crippen LogP contribution is 2.25. The zero-order valence-corrected chi connectivity index (χ0v) is 15.5. The third-order valence-electron chi connectivity index (χ3n) is 4.17. The maximum absolute atomic E-state index is 12.4.